The summed E-state index contributed by atoms with van der Waals surface area (Å²) in [6.07, 6.45) is -0.320. The van der Waals surface area contributed by atoms with Crippen molar-refractivity contribution in [2.24, 2.45) is 0 Å². The van der Waals surface area contributed by atoms with Crippen LogP contribution in [0.5, 0.6) is 0 Å². The molecule has 0 heterocycles. The Morgan fingerprint density at radius 3 is 2.19 bits per heavy atom. The second-order valence-corrected chi connectivity index (χ2v) is 7.24. The SMILES string of the molecule is CCOC(=O)CC(=O)CS(=O)c1ccc(C(C)(C)C)cc1. The summed E-state index contributed by atoms with van der Waals surface area (Å²) < 4.78 is 16.8. The van der Waals surface area contributed by atoms with Crippen LogP contribution in [0.2, 0.25) is 0 Å². The van der Waals surface area contributed by atoms with Gasteiger partial charge in [0.15, 0.2) is 5.78 Å². The standard InChI is InChI=1S/C16H22O4S/c1-5-20-15(18)10-13(17)11-21(19)14-8-6-12(7-9-14)16(2,3)4/h6-9H,5,10-11H2,1-4H3. The van der Waals surface area contributed by atoms with E-state index in [1.807, 2.05) is 12.1 Å². The molecule has 0 aromatic heterocycles. The number of esters is 1. The van der Waals surface area contributed by atoms with Crippen LogP contribution in [0.3, 0.4) is 0 Å². The summed E-state index contributed by atoms with van der Waals surface area (Å²) in [6.45, 7) is 8.21. The maximum atomic E-state index is 12.1. The van der Waals surface area contributed by atoms with Crippen molar-refractivity contribution in [1.82, 2.24) is 0 Å². The highest BCUT2D eigenvalue weighted by Gasteiger charge is 2.17. The molecule has 0 aliphatic carbocycles. The topological polar surface area (TPSA) is 60.4 Å². The van der Waals surface area contributed by atoms with Crippen molar-refractivity contribution in [2.75, 3.05) is 12.4 Å². The number of ketones is 1. The molecule has 0 radical (unpaired) electrons. The molecular formula is C16H22O4S. The van der Waals surface area contributed by atoms with E-state index in [4.69, 9.17) is 4.74 Å². The van der Waals surface area contributed by atoms with Gasteiger partial charge in [-0.15, -0.1) is 0 Å². The predicted molar refractivity (Wildman–Crippen MR) is 82.7 cm³/mol. The first-order valence-corrected chi connectivity index (χ1v) is 8.22. The van der Waals surface area contributed by atoms with E-state index in [1.165, 1.54) is 0 Å². The summed E-state index contributed by atoms with van der Waals surface area (Å²) in [5.74, 6) is -1.09. The van der Waals surface area contributed by atoms with Crippen LogP contribution in [0.1, 0.15) is 39.7 Å². The number of ether oxygens (including phenoxy) is 1. The van der Waals surface area contributed by atoms with Gasteiger partial charge >= 0.3 is 5.97 Å². The Morgan fingerprint density at radius 2 is 1.71 bits per heavy atom. The molecule has 4 nitrogen and oxygen atoms in total. The average Bonchev–Trinajstić information content (AvgIpc) is 2.37. The first kappa shape index (κ1) is 17.6. The summed E-state index contributed by atoms with van der Waals surface area (Å²) in [7, 11) is -1.43. The van der Waals surface area contributed by atoms with Gasteiger partial charge in [-0.25, -0.2) is 0 Å². The van der Waals surface area contributed by atoms with Crippen LogP contribution < -0.4 is 0 Å². The lowest BCUT2D eigenvalue weighted by atomic mass is 9.87. The van der Waals surface area contributed by atoms with Crippen LogP contribution in [0.15, 0.2) is 29.2 Å². The smallest absolute Gasteiger partial charge is 0.313 e. The van der Waals surface area contributed by atoms with Gasteiger partial charge in [-0.2, -0.15) is 0 Å². The lowest BCUT2D eigenvalue weighted by Gasteiger charge is -2.19. The highest BCUT2D eigenvalue weighted by atomic mass is 32.2. The maximum absolute atomic E-state index is 12.1. The third-order valence-electron chi connectivity index (χ3n) is 2.92. The average molecular weight is 310 g/mol. The summed E-state index contributed by atoms with van der Waals surface area (Å²) >= 11 is 0. The molecule has 0 saturated heterocycles. The zero-order valence-electron chi connectivity index (χ0n) is 13.0. The fourth-order valence-corrected chi connectivity index (χ4v) is 2.76. The number of Topliss-reactive ketones (excluding diaryl/α,β-unsaturated/α-hetero) is 1. The number of rotatable bonds is 6. The van der Waals surface area contributed by atoms with Gasteiger partial charge in [0.05, 0.1) is 23.2 Å². The molecule has 0 bridgehead atoms. The highest BCUT2D eigenvalue weighted by molar-refractivity contribution is 7.85. The normalized spacial score (nSPS) is 12.8. The molecule has 1 aromatic carbocycles. The van der Waals surface area contributed by atoms with Crippen LogP contribution in [0, 0.1) is 0 Å². The molecule has 1 atom stereocenters. The zero-order valence-corrected chi connectivity index (χ0v) is 13.8. The Bertz CT molecular complexity index is 526. The quantitative estimate of drug-likeness (QED) is 0.598. The fraction of sp³-hybridized carbons (Fsp3) is 0.500. The van der Waals surface area contributed by atoms with Crippen molar-refractivity contribution in [3.8, 4) is 0 Å². The van der Waals surface area contributed by atoms with Gasteiger partial charge in [0.2, 0.25) is 0 Å². The van der Waals surface area contributed by atoms with E-state index in [2.05, 4.69) is 20.8 Å². The summed E-state index contributed by atoms with van der Waals surface area (Å²) in [5.41, 5.74) is 1.17. The second-order valence-electron chi connectivity index (χ2n) is 5.78. The number of hydrogen-bond acceptors (Lipinski definition) is 4. The predicted octanol–water partition coefficient (Wildman–Crippen LogP) is 2.61. The molecule has 0 saturated carbocycles. The Morgan fingerprint density at radius 1 is 1.14 bits per heavy atom. The first-order valence-electron chi connectivity index (χ1n) is 6.90. The molecule has 1 unspecified atom stereocenters. The lowest BCUT2D eigenvalue weighted by molar-refractivity contribution is -0.145. The Balaban J connectivity index is 2.64. The minimum atomic E-state index is -1.43. The third kappa shape index (κ3) is 5.79. The molecule has 0 N–H and O–H groups in total. The molecule has 0 spiro atoms. The molecule has 21 heavy (non-hydrogen) atoms. The molecule has 116 valence electrons. The van der Waals surface area contributed by atoms with E-state index in [-0.39, 0.29) is 30.0 Å². The Labute approximate surface area is 128 Å². The van der Waals surface area contributed by atoms with E-state index in [0.717, 1.165) is 5.56 Å². The zero-order chi connectivity index (χ0) is 16.0. The first-order chi connectivity index (χ1) is 9.74. The molecule has 0 aliphatic rings. The molecule has 0 aliphatic heterocycles. The van der Waals surface area contributed by atoms with Crippen molar-refractivity contribution < 1.29 is 18.5 Å². The monoisotopic (exact) mass is 310 g/mol. The molecule has 1 rings (SSSR count). The van der Waals surface area contributed by atoms with Gasteiger partial charge in [-0.3, -0.25) is 13.8 Å². The fourth-order valence-electron chi connectivity index (χ4n) is 1.76. The second kappa shape index (κ2) is 7.50. The van der Waals surface area contributed by atoms with Crippen molar-refractivity contribution in [3.05, 3.63) is 29.8 Å². The van der Waals surface area contributed by atoms with Gasteiger partial charge in [0.1, 0.15) is 6.42 Å². The van der Waals surface area contributed by atoms with Gasteiger partial charge in [0, 0.05) is 4.90 Å². The molecule has 0 amide bonds. The Hall–Kier alpha value is -1.49. The summed E-state index contributed by atoms with van der Waals surface area (Å²) in [6, 6.07) is 7.38. The van der Waals surface area contributed by atoms with E-state index < -0.39 is 16.8 Å². The maximum Gasteiger partial charge on any atom is 0.313 e. The molecule has 5 heteroatoms. The van der Waals surface area contributed by atoms with Crippen molar-refractivity contribution >= 4 is 22.6 Å². The van der Waals surface area contributed by atoms with Crippen molar-refractivity contribution in [2.45, 2.75) is 44.4 Å². The van der Waals surface area contributed by atoms with E-state index in [1.54, 1.807) is 19.1 Å². The van der Waals surface area contributed by atoms with Crippen LogP contribution in [0.4, 0.5) is 0 Å². The number of carbonyl (C=O) groups excluding carboxylic acids is 2. The largest absolute Gasteiger partial charge is 0.466 e. The number of carbonyl (C=O) groups is 2. The molecule has 0 fully saturated rings. The lowest BCUT2D eigenvalue weighted by Crippen LogP contribution is -2.17. The number of benzene rings is 1. The minimum absolute atomic E-state index is 0.0275. The van der Waals surface area contributed by atoms with E-state index >= 15 is 0 Å². The van der Waals surface area contributed by atoms with E-state index in [9.17, 15) is 13.8 Å². The number of hydrogen-bond donors (Lipinski definition) is 0. The van der Waals surface area contributed by atoms with Crippen molar-refractivity contribution in [1.29, 1.82) is 0 Å². The van der Waals surface area contributed by atoms with Crippen LogP contribution >= 0.6 is 0 Å². The summed E-state index contributed by atoms with van der Waals surface area (Å²) in [4.78, 5) is 23.4. The molecule has 1 aromatic rings. The highest BCUT2D eigenvalue weighted by Crippen LogP contribution is 2.23. The third-order valence-corrected chi connectivity index (χ3v) is 4.30. The van der Waals surface area contributed by atoms with Gasteiger partial charge in [0.25, 0.3) is 0 Å². The minimum Gasteiger partial charge on any atom is -0.466 e. The molecular weight excluding hydrogens is 288 g/mol. The van der Waals surface area contributed by atoms with Gasteiger partial charge in [-0.05, 0) is 30.0 Å². The van der Waals surface area contributed by atoms with Crippen LogP contribution in [0.25, 0.3) is 0 Å². The van der Waals surface area contributed by atoms with Crippen molar-refractivity contribution in [3.63, 3.8) is 0 Å². The van der Waals surface area contributed by atoms with E-state index in [0.29, 0.717) is 4.90 Å². The summed E-state index contributed by atoms with van der Waals surface area (Å²) in [5, 5.41) is 0. The van der Waals surface area contributed by atoms with Gasteiger partial charge < -0.3 is 4.74 Å². The van der Waals surface area contributed by atoms with Gasteiger partial charge in [-0.1, -0.05) is 32.9 Å². The van der Waals surface area contributed by atoms with Crippen LogP contribution in [-0.2, 0) is 30.5 Å². The Kier molecular flexibility index (Phi) is 6.27. The van der Waals surface area contributed by atoms with Crippen LogP contribution in [-0.4, -0.2) is 28.3 Å².